The molecule has 0 radical (unpaired) electrons. The van der Waals surface area contributed by atoms with Crippen LogP contribution in [-0.4, -0.2) is 46.4 Å². The van der Waals surface area contributed by atoms with Gasteiger partial charge in [-0.3, -0.25) is 9.20 Å². The second-order valence-electron chi connectivity index (χ2n) is 7.84. The zero-order chi connectivity index (χ0) is 20.3. The molecule has 0 saturated carbocycles. The Bertz CT molecular complexity index is 1130. The van der Waals surface area contributed by atoms with Crippen LogP contribution in [0.5, 0.6) is 0 Å². The molecular weight excluding hydrogens is 392 g/mol. The normalized spacial score (nSPS) is 15.0. The van der Waals surface area contributed by atoms with Crippen molar-refractivity contribution in [3.63, 3.8) is 0 Å². The Kier molecular flexibility index (Phi) is 5.34. The zero-order valence-corrected chi connectivity index (χ0v) is 17.6. The maximum Gasteiger partial charge on any atom is 0.228 e. The molecule has 2 aromatic heterocycles. The number of aromatic nitrogens is 2. The molecule has 152 valence electrons. The lowest BCUT2D eigenvalue weighted by Crippen LogP contribution is -3.13. The van der Waals surface area contributed by atoms with Crippen LogP contribution < -0.4 is 4.90 Å². The molecule has 0 unspecified atom stereocenters. The van der Waals surface area contributed by atoms with Gasteiger partial charge in [-0.05, 0) is 0 Å². The first-order chi connectivity index (χ1) is 14.8. The molecule has 5 rings (SSSR count). The summed E-state index contributed by atoms with van der Waals surface area (Å²) in [5.74, 6) is 0.212. The summed E-state index contributed by atoms with van der Waals surface area (Å²) in [7, 11) is 0. The molecule has 0 atom stereocenters. The van der Waals surface area contributed by atoms with Gasteiger partial charge < -0.3 is 9.80 Å². The van der Waals surface area contributed by atoms with Crippen molar-refractivity contribution in [2.45, 2.75) is 13.0 Å². The van der Waals surface area contributed by atoms with Gasteiger partial charge in [-0.2, -0.15) is 0 Å². The summed E-state index contributed by atoms with van der Waals surface area (Å²) < 4.78 is 2.07. The number of thiazole rings is 1. The van der Waals surface area contributed by atoms with Crippen LogP contribution in [0.1, 0.15) is 11.3 Å². The number of nitrogens with zero attached hydrogens (tertiary/aromatic N) is 3. The average molecular weight is 418 g/mol. The maximum absolute atomic E-state index is 12.9. The first kappa shape index (κ1) is 19.0. The molecule has 1 aliphatic heterocycles. The molecule has 1 amide bonds. The van der Waals surface area contributed by atoms with Crippen molar-refractivity contribution >= 4 is 22.2 Å². The highest BCUT2D eigenvalue weighted by Gasteiger charge is 2.24. The predicted octanol–water partition coefficient (Wildman–Crippen LogP) is 2.53. The lowest BCUT2D eigenvalue weighted by Gasteiger charge is -2.32. The fourth-order valence-corrected chi connectivity index (χ4v) is 4.98. The number of carbonyl (C=O) groups excluding carboxylic acids is 1. The van der Waals surface area contributed by atoms with E-state index in [0.29, 0.717) is 6.42 Å². The van der Waals surface area contributed by atoms with Crippen LogP contribution in [0.3, 0.4) is 0 Å². The van der Waals surface area contributed by atoms with E-state index in [9.17, 15) is 4.79 Å². The van der Waals surface area contributed by atoms with Gasteiger partial charge in [0.25, 0.3) is 0 Å². The number of amides is 1. The number of benzene rings is 2. The SMILES string of the molecule is O=C(Cc1csc2nc(-c3ccccc3)cn12)N1CC[NH+](Cc2ccccc2)CC1. The standard InChI is InChI=1S/C24H24N4OS/c29-23(27-13-11-26(12-14-27)16-19-7-3-1-4-8-19)15-21-18-30-24-25-22(17-28(21)24)20-9-5-2-6-10-20/h1-10,17-18H,11-16H2/p+1. The Morgan fingerprint density at radius 1 is 1.00 bits per heavy atom. The fourth-order valence-electron chi connectivity index (χ4n) is 4.10. The third-order valence-electron chi connectivity index (χ3n) is 5.81. The van der Waals surface area contributed by atoms with E-state index in [-0.39, 0.29) is 5.91 Å². The monoisotopic (exact) mass is 417 g/mol. The van der Waals surface area contributed by atoms with E-state index < -0.39 is 0 Å². The summed E-state index contributed by atoms with van der Waals surface area (Å²) in [5, 5.41) is 2.06. The number of imidazole rings is 1. The molecule has 6 heteroatoms. The van der Waals surface area contributed by atoms with Crippen molar-refractivity contribution in [3.05, 3.63) is 83.5 Å². The van der Waals surface area contributed by atoms with Crippen LogP contribution in [0.15, 0.2) is 72.2 Å². The summed E-state index contributed by atoms with van der Waals surface area (Å²) in [4.78, 5) is 22.2. The maximum atomic E-state index is 12.9. The van der Waals surface area contributed by atoms with E-state index in [0.717, 1.165) is 54.6 Å². The van der Waals surface area contributed by atoms with Crippen molar-refractivity contribution in [2.75, 3.05) is 26.2 Å². The number of quaternary nitrogens is 1. The summed E-state index contributed by atoms with van der Waals surface area (Å²) >= 11 is 1.60. The molecule has 1 N–H and O–H groups in total. The van der Waals surface area contributed by atoms with E-state index in [2.05, 4.69) is 52.2 Å². The van der Waals surface area contributed by atoms with Gasteiger partial charge in [0.1, 0.15) is 6.54 Å². The molecule has 4 aromatic rings. The summed E-state index contributed by atoms with van der Waals surface area (Å²) in [5.41, 5.74) is 4.44. The highest BCUT2D eigenvalue weighted by atomic mass is 32.1. The van der Waals surface area contributed by atoms with Crippen molar-refractivity contribution in [1.29, 1.82) is 0 Å². The predicted molar refractivity (Wildman–Crippen MR) is 120 cm³/mol. The van der Waals surface area contributed by atoms with Crippen molar-refractivity contribution < 1.29 is 9.69 Å². The van der Waals surface area contributed by atoms with E-state index >= 15 is 0 Å². The third kappa shape index (κ3) is 4.01. The number of hydrogen-bond acceptors (Lipinski definition) is 3. The Hall–Kier alpha value is -2.96. The molecule has 5 nitrogen and oxygen atoms in total. The Labute approximate surface area is 180 Å². The van der Waals surface area contributed by atoms with Crippen LogP contribution in [-0.2, 0) is 17.8 Å². The van der Waals surface area contributed by atoms with E-state index in [1.807, 2.05) is 29.3 Å². The molecule has 0 bridgehead atoms. The van der Waals surface area contributed by atoms with Crippen LogP contribution in [0.4, 0.5) is 0 Å². The van der Waals surface area contributed by atoms with Crippen molar-refractivity contribution in [1.82, 2.24) is 14.3 Å². The first-order valence-corrected chi connectivity index (χ1v) is 11.3. The summed E-state index contributed by atoms with van der Waals surface area (Å²) in [6.45, 7) is 4.69. The fraction of sp³-hybridized carbons (Fsp3) is 0.250. The summed E-state index contributed by atoms with van der Waals surface area (Å²) in [6.07, 6.45) is 2.48. The Morgan fingerprint density at radius 2 is 1.70 bits per heavy atom. The minimum absolute atomic E-state index is 0.212. The van der Waals surface area contributed by atoms with Crippen LogP contribution in [0.2, 0.25) is 0 Å². The quantitative estimate of drug-likeness (QED) is 0.542. The molecule has 1 aliphatic rings. The number of carbonyl (C=O) groups is 1. The van der Waals surface area contributed by atoms with Gasteiger partial charge in [-0.25, -0.2) is 4.98 Å². The lowest BCUT2D eigenvalue weighted by atomic mass is 10.2. The molecule has 2 aromatic carbocycles. The van der Waals surface area contributed by atoms with Crippen LogP contribution in [0, 0.1) is 0 Å². The first-order valence-electron chi connectivity index (χ1n) is 10.4. The number of fused-ring (bicyclic) bond motifs is 1. The molecular formula is C24H25N4OS+. The van der Waals surface area contributed by atoms with Crippen molar-refractivity contribution in [2.24, 2.45) is 0 Å². The van der Waals surface area contributed by atoms with Gasteiger partial charge in [0.2, 0.25) is 5.91 Å². The number of nitrogens with one attached hydrogen (secondary N) is 1. The van der Waals surface area contributed by atoms with Gasteiger partial charge in [0.05, 0.1) is 38.3 Å². The van der Waals surface area contributed by atoms with E-state index in [1.165, 1.54) is 5.56 Å². The second-order valence-corrected chi connectivity index (χ2v) is 8.68. The van der Waals surface area contributed by atoms with Gasteiger partial charge in [-0.15, -0.1) is 11.3 Å². The van der Waals surface area contributed by atoms with Gasteiger partial charge in [0.15, 0.2) is 4.96 Å². The molecule has 1 fully saturated rings. The van der Waals surface area contributed by atoms with Crippen LogP contribution >= 0.6 is 11.3 Å². The molecule has 30 heavy (non-hydrogen) atoms. The van der Waals surface area contributed by atoms with Crippen LogP contribution in [0.25, 0.3) is 16.2 Å². The van der Waals surface area contributed by atoms with Gasteiger partial charge in [0, 0.05) is 28.4 Å². The third-order valence-corrected chi connectivity index (χ3v) is 6.69. The number of hydrogen-bond donors (Lipinski definition) is 1. The minimum atomic E-state index is 0.212. The Balaban J connectivity index is 1.22. The second kappa shape index (κ2) is 8.42. The van der Waals surface area contributed by atoms with E-state index in [4.69, 9.17) is 4.98 Å². The molecule has 3 heterocycles. The smallest absolute Gasteiger partial charge is 0.228 e. The van der Waals surface area contributed by atoms with E-state index in [1.54, 1.807) is 16.2 Å². The average Bonchev–Trinajstić information content (AvgIpc) is 3.38. The zero-order valence-electron chi connectivity index (χ0n) is 16.8. The molecule has 0 aliphatic carbocycles. The van der Waals surface area contributed by atoms with Crippen molar-refractivity contribution in [3.8, 4) is 11.3 Å². The highest BCUT2D eigenvalue weighted by Crippen LogP contribution is 2.24. The van der Waals surface area contributed by atoms with Gasteiger partial charge in [-0.1, -0.05) is 60.7 Å². The summed E-state index contributed by atoms with van der Waals surface area (Å²) in [6, 6.07) is 20.8. The highest BCUT2D eigenvalue weighted by molar-refractivity contribution is 7.15. The molecule has 1 saturated heterocycles. The van der Waals surface area contributed by atoms with Gasteiger partial charge >= 0.3 is 0 Å². The number of piperazine rings is 1. The lowest BCUT2D eigenvalue weighted by molar-refractivity contribution is -0.917. The Morgan fingerprint density at radius 3 is 2.43 bits per heavy atom. The number of rotatable bonds is 5. The molecule has 0 spiro atoms. The largest absolute Gasteiger partial charge is 0.331 e. The minimum Gasteiger partial charge on any atom is -0.331 e. The topological polar surface area (TPSA) is 42.1 Å².